The van der Waals surface area contributed by atoms with Crippen molar-refractivity contribution in [2.75, 3.05) is 19.8 Å². The largest absolute Gasteiger partial charge is 0.460 e. The zero-order chi connectivity index (χ0) is 13.1. The zero-order valence-corrected chi connectivity index (χ0v) is 11.1. The van der Waals surface area contributed by atoms with Crippen LogP contribution < -0.4 is 0 Å². The molecule has 1 saturated heterocycles. The number of hydrogen-bond donors (Lipinski definition) is 0. The maximum absolute atomic E-state index is 11.8. The molecule has 1 aliphatic heterocycles. The Morgan fingerprint density at radius 2 is 2.33 bits per heavy atom. The van der Waals surface area contributed by atoms with Gasteiger partial charge in [-0.3, -0.25) is 0 Å². The highest BCUT2D eigenvalue weighted by molar-refractivity contribution is 5.87. The molecule has 0 N–H and O–H groups in total. The first-order valence-corrected chi connectivity index (χ1v) is 6.39. The van der Waals surface area contributed by atoms with Gasteiger partial charge in [-0.2, -0.15) is 0 Å². The average Bonchev–Trinajstić information content (AvgIpc) is 2.98. The van der Waals surface area contributed by atoms with Crippen LogP contribution in [0.25, 0.3) is 0 Å². The second-order valence-electron chi connectivity index (χ2n) is 4.70. The molecule has 2 rings (SSSR count). The first-order valence-electron chi connectivity index (χ1n) is 6.39. The maximum Gasteiger partial charge on any atom is 0.376 e. The van der Waals surface area contributed by atoms with Crippen LogP contribution in [-0.2, 0) is 9.47 Å². The molecule has 1 atom stereocenters. The number of ether oxygens (including phenoxy) is 2. The van der Waals surface area contributed by atoms with E-state index in [9.17, 15) is 4.79 Å². The summed E-state index contributed by atoms with van der Waals surface area (Å²) in [6, 6.07) is 0. The van der Waals surface area contributed by atoms with Crippen LogP contribution in [0.3, 0.4) is 0 Å². The molecule has 1 unspecified atom stereocenters. The minimum absolute atomic E-state index is 0.129. The Hall–Kier alpha value is -1.36. The summed E-state index contributed by atoms with van der Waals surface area (Å²) in [6.07, 6.45) is 0.889. The molecule has 2 heterocycles. The molecule has 0 aromatic carbocycles. The Labute approximate surface area is 106 Å². The fourth-order valence-corrected chi connectivity index (χ4v) is 1.99. The van der Waals surface area contributed by atoms with E-state index >= 15 is 0 Å². The molecule has 0 spiro atoms. The van der Waals surface area contributed by atoms with E-state index in [1.807, 2.05) is 13.8 Å². The van der Waals surface area contributed by atoms with E-state index in [0.29, 0.717) is 24.8 Å². The van der Waals surface area contributed by atoms with Gasteiger partial charge in [-0.05, 0) is 19.3 Å². The van der Waals surface area contributed by atoms with E-state index in [4.69, 9.17) is 13.9 Å². The molecule has 1 aliphatic rings. The highest BCUT2D eigenvalue weighted by atomic mass is 16.5. The molecule has 1 aromatic heterocycles. The third-order valence-electron chi connectivity index (χ3n) is 2.96. The third kappa shape index (κ3) is 2.56. The monoisotopic (exact) mass is 253 g/mol. The van der Waals surface area contributed by atoms with Gasteiger partial charge < -0.3 is 13.9 Å². The molecule has 1 fully saturated rings. The minimum Gasteiger partial charge on any atom is -0.460 e. The molecular formula is C13H19NO4. The highest BCUT2D eigenvalue weighted by Crippen LogP contribution is 2.29. The molecule has 100 valence electrons. The van der Waals surface area contributed by atoms with Crippen molar-refractivity contribution in [3.8, 4) is 0 Å². The van der Waals surface area contributed by atoms with Crippen LogP contribution in [0.4, 0.5) is 0 Å². The van der Waals surface area contributed by atoms with Gasteiger partial charge in [0, 0.05) is 6.61 Å². The van der Waals surface area contributed by atoms with Gasteiger partial charge in [-0.25, -0.2) is 9.78 Å². The van der Waals surface area contributed by atoms with Crippen molar-refractivity contribution in [3.63, 3.8) is 0 Å². The summed E-state index contributed by atoms with van der Waals surface area (Å²) in [5.74, 6) is 0.696. The lowest BCUT2D eigenvalue weighted by Crippen LogP contribution is -2.07. The Morgan fingerprint density at radius 3 is 2.89 bits per heavy atom. The zero-order valence-electron chi connectivity index (χ0n) is 11.1. The molecule has 5 nitrogen and oxygen atoms in total. The van der Waals surface area contributed by atoms with Crippen LogP contribution in [0.2, 0.25) is 0 Å². The summed E-state index contributed by atoms with van der Waals surface area (Å²) in [5.41, 5.74) is 0.676. The van der Waals surface area contributed by atoms with Crippen LogP contribution in [0, 0.1) is 0 Å². The maximum atomic E-state index is 11.8. The molecule has 18 heavy (non-hydrogen) atoms. The van der Waals surface area contributed by atoms with Crippen molar-refractivity contribution in [2.45, 2.75) is 39.0 Å². The summed E-state index contributed by atoms with van der Waals surface area (Å²) >= 11 is 0. The summed E-state index contributed by atoms with van der Waals surface area (Å²) in [4.78, 5) is 16.3. The fourth-order valence-electron chi connectivity index (χ4n) is 1.99. The van der Waals surface area contributed by atoms with E-state index in [0.717, 1.165) is 13.0 Å². The van der Waals surface area contributed by atoms with Gasteiger partial charge in [0.05, 0.1) is 24.8 Å². The van der Waals surface area contributed by atoms with Crippen molar-refractivity contribution >= 4 is 5.97 Å². The van der Waals surface area contributed by atoms with Crippen LogP contribution in [0.5, 0.6) is 0 Å². The van der Waals surface area contributed by atoms with E-state index in [-0.39, 0.29) is 17.6 Å². The third-order valence-corrected chi connectivity index (χ3v) is 2.96. The number of hydrogen-bond acceptors (Lipinski definition) is 5. The predicted molar refractivity (Wildman–Crippen MR) is 64.7 cm³/mol. The van der Waals surface area contributed by atoms with Crippen molar-refractivity contribution in [2.24, 2.45) is 0 Å². The van der Waals surface area contributed by atoms with Crippen LogP contribution in [0.1, 0.15) is 61.2 Å². The first-order chi connectivity index (χ1) is 8.63. The van der Waals surface area contributed by atoms with Crippen LogP contribution >= 0.6 is 0 Å². The number of carbonyl (C=O) groups excluding carboxylic acids is 1. The number of esters is 1. The lowest BCUT2D eigenvalue weighted by atomic mass is 10.1. The van der Waals surface area contributed by atoms with Crippen molar-refractivity contribution in [3.05, 3.63) is 17.3 Å². The first kappa shape index (κ1) is 13.1. The standard InChI is InChI=1S/C13H19NO4/c1-4-17-13(15)11-10(8(2)3)14-12(18-11)9-5-6-16-7-9/h8-9H,4-7H2,1-3H3. The summed E-state index contributed by atoms with van der Waals surface area (Å²) in [7, 11) is 0. The van der Waals surface area contributed by atoms with Gasteiger partial charge in [-0.15, -0.1) is 0 Å². The SMILES string of the molecule is CCOC(=O)c1oc(C2CCOC2)nc1C(C)C. The summed E-state index contributed by atoms with van der Waals surface area (Å²) in [5, 5.41) is 0. The van der Waals surface area contributed by atoms with Gasteiger partial charge in [0.2, 0.25) is 11.7 Å². The van der Waals surface area contributed by atoms with Gasteiger partial charge in [0.15, 0.2) is 0 Å². The molecule has 1 aromatic rings. The second kappa shape index (κ2) is 5.52. The average molecular weight is 253 g/mol. The smallest absolute Gasteiger partial charge is 0.376 e. The van der Waals surface area contributed by atoms with Crippen LogP contribution in [-0.4, -0.2) is 30.8 Å². The Morgan fingerprint density at radius 1 is 1.56 bits per heavy atom. The topological polar surface area (TPSA) is 61.6 Å². The predicted octanol–water partition coefficient (Wildman–Crippen LogP) is 2.48. The molecule has 5 heteroatoms. The minimum atomic E-state index is -0.432. The molecule has 0 saturated carbocycles. The number of oxazole rings is 1. The number of nitrogens with zero attached hydrogens (tertiary/aromatic N) is 1. The Balaban J connectivity index is 2.28. The Kier molecular flexibility index (Phi) is 4.01. The van der Waals surface area contributed by atoms with E-state index in [1.54, 1.807) is 6.92 Å². The lowest BCUT2D eigenvalue weighted by Gasteiger charge is -2.02. The molecular weight excluding hydrogens is 234 g/mol. The van der Waals surface area contributed by atoms with E-state index in [2.05, 4.69) is 4.98 Å². The van der Waals surface area contributed by atoms with Crippen molar-refractivity contribution in [1.29, 1.82) is 0 Å². The van der Waals surface area contributed by atoms with Gasteiger partial charge in [0.1, 0.15) is 0 Å². The number of aromatic nitrogens is 1. The fraction of sp³-hybridized carbons (Fsp3) is 0.692. The lowest BCUT2D eigenvalue weighted by molar-refractivity contribution is 0.0484. The molecule has 0 radical (unpaired) electrons. The number of carbonyl (C=O) groups is 1. The Bertz CT molecular complexity index is 419. The van der Waals surface area contributed by atoms with Gasteiger partial charge in [0.25, 0.3) is 0 Å². The van der Waals surface area contributed by atoms with Gasteiger partial charge in [-0.1, -0.05) is 13.8 Å². The second-order valence-corrected chi connectivity index (χ2v) is 4.70. The summed E-state index contributed by atoms with van der Waals surface area (Å²) in [6.45, 7) is 7.40. The molecule has 0 amide bonds. The van der Waals surface area contributed by atoms with E-state index in [1.165, 1.54) is 0 Å². The molecule has 0 bridgehead atoms. The van der Waals surface area contributed by atoms with Crippen LogP contribution in [0.15, 0.2) is 4.42 Å². The van der Waals surface area contributed by atoms with Crippen molar-refractivity contribution in [1.82, 2.24) is 4.98 Å². The van der Waals surface area contributed by atoms with Gasteiger partial charge >= 0.3 is 5.97 Å². The van der Waals surface area contributed by atoms with E-state index < -0.39 is 5.97 Å². The highest BCUT2D eigenvalue weighted by Gasteiger charge is 2.29. The number of rotatable bonds is 4. The normalized spacial score (nSPS) is 19.4. The van der Waals surface area contributed by atoms with Crippen molar-refractivity contribution < 1.29 is 18.7 Å². The summed E-state index contributed by atoms with van der Waals surface area (Å²) < 4.78 is 15.9. The quantitative estimate of drug-likeness (QED) is 0.771. The molecule has 0 aliphatic carbocycles.